The summed E-state index contributed by atoms with van der Waals surface area (Å²) >= 11 is 0. The van der Waals surface area contributed by atoms with E-state index in [1.807, 2.05) is 0 Å². The number of fused-ring (bicyclic) bond motifs is 5. The van der Waals surface area contributed by atoms with Gasteiger partial charge in [-0.1, -0.05) is 109 Å². The Balaban J connectivity index is 1.59. The molecule has 0 bridgehead atoms. The Morgan fingerprint density at radius 3 is 1.82 bits per heavy atom. The van der Waals surface area contributed by atoms with E-state index in [0.29, 0.717) is 0 Å². The number of benzene rings is 6. The SMILES string of the molecule is [c]1c2c(cc(-c3cccc4ccccc34)c1-c1cccc3ccccc13)-c1ccccc1C2. The molecule has 0 atom stereocenters. The zero-order chi connectivity index (χ0) is 21.8. The summed E-state index contributed by atoms with van der Waals surface area (Å²) < 4.78 is 0. The van der Waals surface area contributed by atoms with Crippen molar-refractivity contribution in [2.45, 2.75) is 6.42 Å². The van der Waals surface area contributed by atoms with Gasteiger partial charge in [-0.05, 0) is 84.6 Å². The summed E-state index contributed by atoms with van der Waals surface area (Å²) in [4.78, 5) is 0. The monoisotopic (exact) mass is 417 g/mol. The normalized spacial score (nSPS) is 12.1. The van der Waals surface area contributed by atoms with Gasteiger partial charge in [-0.2, -0.15) is 0 Å². The predicted octanol–water partition coefficient (Wildman–Crippen LogP) is 8.70. The van der Waals surface area contributed by atoms with Crippen LogP contribution in [0.25, 0.3) is 54.9 Å². The van der Waals surface area contributed by atoms with Crippen LogP contribution in [0.4, 0.5) is 0 Å². The molecule has 0 nitrogen and oxygen atoms in total. The van der Waals surface area contributed by atoms with Crippen molar-refractivity contribution in [2.75, 3.05) is 0 Å². The second kappa shape index (κ2) is 7.18. The quantitative estimate of drug-likeness (QED) is 0.264. The molecule has 0 fully saturated rings. The summed E-state index contributed by atoms with van der Waals surface area (Å²) in [6.07, 6.45) is 0.944. The van der Waals surface area contributed by atoms with Crippen molar-refractivity contribution in [3.63, 3.8) is 0 Å². The van der Waals surface area contributed by atoms with Gasteiger partial charge in [0.05, 0.1) is 0 Å². The van der Waals surface area contributed by atoms with E-state index in [4.69, 9.17) is 0 Å². The molecule has 0 aromatic heterocycles. The highest BCUT2D eigenvalue weighted by Gasteiger charge is 2.23. The van der Waals surface area contributed by atoms with Gasteiger partial charge in [0, 0.05) is 0 Å². The molecule has 1 aliphatic carbocycles. The lowest BCUT2D eigenvalue weighted by Crippen LogP contribution is -1.92. The van der Waals surface area contributed by atoms with Gasteiger partial charge in [-0.25, -0.2) is 0 Å². The van der Waals surface area contributed by atoms with E-state index < -0.39 is 0 Å². The van der Waals surface area contributed by atoms with Gasteiger partial charge >= 0.3 is 0 Å². The third-order valence-electron chi connectivity index (χ3n) is 6.97. The molecule has 1 aliphatic rings. The predicted molar refractivity (Wildman–Crippen MR) is 139 cm³/mol. The molecule has 0 heteroatoms. The highest BCUT2D eigenvalue weighted by molar-refractivity contribution is 6.06. The molecule has 6 aromatic carbocycles. The van der Waals surface area contributed by atoms with Gasteiger partial charge in [-0.3, -0.25) is 0 Å². The lowest BCUT2D eigenvalue weighted by Gasteiger charge is -2.17. The summed E-state index contributed by atoms with van der Waals surface area (Å²) in [5, 5.41) is 5.07. The first kappa shape index (κ1) is 18.4. The fourth-order valence-corrected chi connectivity index (χ4v) is 5.43. The maximum Gasteiger partial charge on any atom is -0.000705 e. The molecule has 0 heterocycles. The van der Waals surface area contributed by atoms with Gasteiger partial charge < -0.3 is 0 Å². The molecule has 7 rings (SSSR count). The second-order valence-corrected chi connectivity index (χ2v) is 8.84. The summed E-state index contributed by atoms with van der Waals surface area (Å²) in [5.41, 5.74) is 10.3. The van der Waals surface area contributed by atoms with Crippen LogP contribution in [0.3, 0.4) is 0 Å². The van der Waals surface area contributed by atoms with Crippen molar-refractivity contribution in [1.29, 1.82) is 0 Å². The average molecular weight is 418 g/mol. The maximum absolute atomic E-state index is 3.91. The average Bonchev–Trinajstić information content (AvgIpc) is 3.25. The first-order valence-corrected chi connectivity index (χ1v) is 11.5. The van der Waals surface area contributed by atoms with Crippen LogP contribution in [-0.4, -0.2) is 0 Å². The lowest BCUT2D eigenvalue weighted by molar-refractivity contribution is 1.26. The number of hydrogen-bond donors (Lipinski definition) is 0. The molecule has 0 unspecified atom stereocenters. The minimum absolute atomic E-state index is 0.944. The Kier molecular flexibility index (Phi) is 4.01. The Morgan fingerprint density at radius 2 is 1.03 bits per heavy atom. The van der Waals surface area contributed by atoms with E-state index >= 15 is 0 Å². The Morgan fingerprint density at radius 1 is 0.455 bits per heavy atom. The molecule has 0 saturated carbocycles. The fraction of sp³-hybridized carbons (Fsp3) is 0.0303. The molecular weight excluding hydrogens is 396 g/mol. The summed E-state index contributed by atoms with van der Waals surface area (Å²) in [7, 11) is 0. The van der Waals surface area contributed by atoms with E-state index in [2.05, 4.69) is 121 Å². The molecule has 0 amide bonds. The van der Waals surface area contributed by atoms with E-state index in [-0.39, 0.29) is 0 Å². The molecule has 0 spiro atoms. The van der Waals surface area contributed by atoms with Crippen LogP contribution in [0.2, 0.25) is 0 Å². The lowest BCUT2D eigenvalue weighted by atomic mass is 9.86. The van der Waals surface area contributed by atoms with Gasteiger partial charge in [0.15, 0.2) is 0 Å². The standard InChI is InChI=1S/C33H21/c1-4-14-26-22(9-1)12-7-17-29(26)32-20-25-19-24-11-3-6-16-28(24)31(25)21-33(32)30-18-8-13-23-10-2-5-15-27(23)30/h1-18,21H,19H2. The van der Waals surface area contributed by atoms with E-state index in [1.165, 1.54) is 66.1 Å². The van der Waals surface area contributed by atoms with Crippen molar-refractivity contribution in [3.8, 4) is 33.4 Å². The molecule has 0 saturated heterocycles. The van der Waals surface area contributed by atoms with Crippen molar-refractivity contribution in [3.05, 3.63) is 132 Å². The fourth-order valence-electron chi connectivity index (χ4n) is 5.43. The topological polar surface area (TPSA) is 0 Å². The van der Waals surface area contributed by atoms with Crippen LogP contribution in [0.15, 0.2) is 115 Å². The summed E-state index contributed by atoms with van der Waals surface area (Å²) in [6.45, 7) is 0. The van der Waals surface area contributed by atoms with Crippen molar-refractivity contribution >= 4 is 21.5 Å². The van der Waals surface area contributed by atoms with E-state index in [0.717, 1.165) is 6.42 Å². The van der Waals surface area contributed by atoms with Gasteiger partial charge in [0.2, 0.25) is 0 Å². The molecule has 153 valence electrons. The van der Waals surface area contributed by atoms with Gasteiger partial charge in [-0.15, -0.1) is 0 Å². The van der Waals surface area contributed by atoms with Crippen molar-refractivity contribution in [2.24, 2.45) is 0 Å². The zero-order valence-electron chi connectivity index (χ0n) is 18.2. The van der Waals surface area contributed by atoms with Crippen LogP contribution < -0.4 is 0 Å². The summed E-state index contributed by atoms with van der Waals surface area (Å²) in [6, 6.07) is 45.7. The van der Waals surface area contributed by atoms with Crippen LogP contribution in [0.1, 0.15) is 11.1 Å². The zero-order valence-corrected chi connectivity index (χ0v) is 18.2. The second-order valence-electron chi connectivity index (χ2n) is 8.84. The van der Waals surface area contributed by atoms with Crippen LogP contribution in [0, 0.1) is 6.07 Å². The Hall–Kier alpha value is -4.16. The number of rotatable bonds is 2. The molecule has 0 aliphatic heterocycles. The maximum atomic E-state index is 3.91. The van der Waals surface area contributed by atoms with Crippen molar-refractivity contribution < 1.29 is 0 Å². The Bertz CT molecular complexity index is 1680. The third-order valence-corrected chi connectivity index (χ3v) is 6.97. The molecule has 0 N–H and O–H groups in total. The minimum atomic E-state index is 0.944. The molecule has 1 radical (unpaired) electrons. The van der Waals surface area contributed by atoms with Crippen molar-refractivity contribution in [1.82, 2.24) is 0 Å². The third kappa shape index (κ3) is 2.84. The first-order valence-electron chi connectivity index (χ1n) is 11.5. The summed E-state index contributed by atoms with van der Waals surface area (Å²) in [5.74, 6) is 0. The molecular formula is C33H21. The first-order chi connectivity index (χ1) is 16.4. The van der Waals surface area contributed by atoms with Gasteiger partial charge in [0.1, 0.15) is 0 Å². The minimum Gasteiger partial charge on any atom is -0.0619 e. The highest BCUT2D eigenvalue weighted by Crippen LogP contribution is 2.45. The van der Waals surface area contributed by atoms with Crippen LogP contribution in [-0.2, 0) is 6.42 Å². The van der Waals surface area contributed by atoms with E-state index in [9.17, 15) is 0 Å². The van der Waals surface area contributed by atoms with Crippen LogP contribution in [0.5, 0.6) is 0 Å². The largest absolute Gasteiger partial charge is 0.0619 e. The smallest absolute Gasteiger partial charge is 0.000705 e. The Labute approximate surface area is 193 Å². The van der Waals surface area contributed by atoms with Gasteiger partial charge in [0.25, 0.3) is 0 Å². The van der Waals surface area contributed by atoms with Crippen LogP contribution >= 0.6 is 0 Å². The molecule has 6 aromatic rings. The van der Waals surface area contributed by atoms with E-state index in [1.54, 1.807) is 0 Å². The highest BCUT2D eigenvalue weighted by atomic mass is 14.3. The number of hydrogen-bond acceptors (Lipinski definition) is 0. The molecule has 33 heavy (non-hydrogen) atoms.